The van der Waals surface area contributed by atoms with Gasteiger partial charge in [0.25, 0.3) is 0 Å². The van der Waals surface area contributed by atoms with Gasteiger partial charge in [0.15, 0.2) is 0 Å². The maximum Gasteiger partial charge on any atom is 0.119 e. The standard InChI is InChI=1S/C11H13NO/c1-7-6-9-8(2)11(13)5-4-10(9)12(7)3/h4-6,13H,1-3H3. The van der Waals surface area contributed by atoms with E-state index in [0.717, 1.165) is 10.9 Å². The third-order valence-electron chi connectivity index (χ3n) is 2.71. The number of aryl methyl sites for hydroxylation is 3. The zero-order valence-electron chi connectivity index (χ0n) is 8.13. The molecule has 0 fully saturated rings. The molecule has 2 heteroatoms. The van der Waals surface area contributed by atoms with Gasteiger partial charge in [-0.2, -0.15) is 0 Å². The van der Waals surface area contributed by atoms with Gasteiger partial charge in [0.2, 0.25) is 0 Å². The number of hydrogen-bond donors (Lipinski definition) is 1. The number of nitrogens with zero attached hydrogens (tertiary/aromatic N) is 1. The smallest absolute Gasteiger partial charge is 0.119 e. The summed E-state index contributed by atoms with van der Waals surface area (Å²) >= 11 is 0. The second-order valence-corrected chi connectivity index (χ2v) is 3.49. The first-order chi connectivity index (χ1) is 6.11. The Morgan fingerprint density at radius 1 is 1.23 bits per heavy atom. The van der Waals surface area contributed by atoms with E-state index in [2.05, 4.69) is 17.6 Å². The van der Waals surface area contributed by atoms with Crippen LogP contribution in [0.15, 0.2) is 18.2 Å². The first-order valence-electron chi connectivity index (χ1n) is 4.36. The summed E-state index contributed by atoms with van der Waals surface area (Å²) in [6.45, 7) is 4.01. The van der Waals surface area contributed by atoms with Gasteiger partial charge in [0, 0.05) is 29.2 Å². The first kappa shape index (κ1) is 8.17. The number of aromatic nitrogens is 1. The number of phenolic OH excluding ortho intramolecular Hbond substituents is 1. The maximum atomic E-state index is 9.51. The quantitative estimate of drug-likeness (QED) is 0.653. The second kappa shape index (κ2) is 2.52. The van der Waals surface area contributed by atoms with Gasteiger partial charge in [0.05, 0.1) is 0 Å². The number of rotatable bonds is 0. The molecule has 68 valence electrons. The summed E-state index contributed by atoms with van der Waals surface area (Å²) < 4.78 is 2.13. The lowest BCUT2D eigenvalue weighted by molar-refractivity contribution is 0.472. The summed E-state index contributed by atoms with van der Waals surface area (Å²) in [5, 5.41) is 10.6. The monoisotopic (exact) mass is 175 g/mol. The van der Waals surface area contributed by atoms with Gasteiger partial charge < -0.3 is 9.67 Å². The molecule has 1 N–H and O–H groups in total. The Balaban J connectivity index is 2.94. The predicted molar refractivity (Wildman–Crippen MR) is 54.1 cm³/mol. The van der Waals surface area contributed by atoms with Crippen LogP contribution in [0.4, 0.5) is 0 Å². The highest BCUT2D eigenvalue weighted by molar-refractivity contribution is 5.86. The highest BCUT2D eigenvalue weighted by atomic mass is 16.3. The minimum Gasteiger partial charge on any atom is -0.508 e. The van der Waals surface area contributed by atoms with E-state index in [1.54, 1.807) is 6.07 Å². The van der Waals surface area contributed by atoms with Gasteiger partial charge in [-0.3, -0.25) is 0 Å². The highest BCUT2D eigenvalue weighted by Gasteiger charge is 2.06. The third-order valence-corrected chi connectivity index (χ3v) is 2.71. The summed E-state index contributed by atoms with van der Waals surface area (Å²) in [6.07, 6.45) is 0. The van der Waals surface area contributed by atoms with E-state index in [9.17, 15) is 5.11 Å². The summed E-state index contributed by atoms with van der Waals surface area (Å²) in [4.78, 5) is 0. The number of phenols is 1. The summed E-state index contributed by atoms with van der Waals surface area (Å²) in [6, 6.07) is 5.80. The molecule has 0 amide bonds. The van der Waals surface area contributed by atoms with Gasteiger partial charge in [-0.25, -0.2) is 0 Å². The zero-order valence-corrected chi connectivity index (χ0v) is 8.13. The lowest BCUT2D eigenvalue weighted by atomic mass is 10.1. The molecule has 2 aromatic rings. The largest absolute Gasteiger partial charge is 0.508 e. The van der Waals surface area contributed by atoms with Crippen molar-refractivity contribution in [2.45, 2.75) is 13.8 Å². The summed E-state index contributed by atoms with van der Waals surface area (Å²) in [7, 11) is 2.04. The van der Waals surface area contributed by atoms with Gasteiger partial charge in [-0.05, 0) is 32.0 Å². The molecule has 0 saturated carbocycles. The topological polar surface area (TPSA) is 25.2 Å². The molecule has 2 nitrogen and oxygen atoms in total. The van der Waals surface area contributed by atoms with Crippen molar-refractivity contribution < 1.29 is 5.11 Å². The van der Waals surface area contributed by atoms with Gasteiger partial charge in [-0.1, -0.05) is 0 Å². The van der Waals surface area contributed by atoms with E-state index in [4.69, 9.17) is 0 Å². The Morgan fingerprint density at radius 2 is 1.92 bits per heavy atom. The van der Waals surface area contributed by atoms with Crippen molar-refractivity contribution in [3.63, 3.8) is 0 Å². The molecule has 0 aliphatic carbocycles. The highest BCUT2D eigenvalue weighted by Crippen LogP contribution is 2.27. The van der Waals surface area contributed by atoms with Crippen LogP contribution in [0.3, 0.4) is 0 Å². The Morgan fingerprint density at radius 3 is 2.62 bits per heavy atom. The molecule has 0 saturated heterocycles. The second-order valence-electron chi connectivity index (χ2n) is 3.49. The van der Waals surface area contributed by atoms with E-state index in [1.807, 2.05) is 20.0 Å². The van der Waals surface area contributed by atoms with E-state index < -0.39 is 0 Å². The molecule has 0 radical (unpaired) electrons. The van der Waals surface area contributed by atoms with Crippen molar-refractivity contribution in [1.29, 1.82) is 0 Å². The summed E-state index contributed by atoms with van der Waals surface area (Å²) in [5.41, 5.74) is 3.35. The minimum absolute atomic E-state index is 0.373. The van der Waals surface area contributed by atoms with Crippen LogP contribution in [0.1, 0.15) is 11.3 Å². The molecule has 0 aliphatic rings. The number of benzene rings is 1. The lowest BCUT2D eigenvalue weighted by Gasteiger charge is -2.01. The Labute approximate surface area is 77.4 Å². The molecule has 13 heavy (non-hydrogen) atoms. The van der Waals surface area contributed by atoms with E-state index in [-0.39, 0.29) is 0 Å². The molecule has 1 heterocycles. The summed E-state index contributed by atoms with van der Waals surface area (Å²) in [5.74, 6) is 0.373. The maximum absolute atomic E-state index is 9.51. The van der Waals surface area contributed by atoms with Crippen molar-refractivity contribution in [1.82, 2.24) is 4.57 Å². The van der Waals surface area contributed by atoms with Crippen LogP contribution >= 0.6 is 0 Å². The molecular weight excluding hydrogens is 162 g/mol. The van der Waals surface area contributed by atoms with Crippen LogP contribution in [-0.4, -0.2) is 9.67 Å². The Kier molecular flexibility index (Phi) is 1.59. The predicted octanol–water partition coefficient (Wildman–Crippen LogP) is 2.50. The Hall–Kier alpha value is -1.44. The van der Waals surface area contributed by atoms with Gasteiger partial charge in [-0.15, -0.1) is 0 Å². The van der Waals surface area contributed by atoms with Crippen LogP contribution < -0.4 is 0 Å². The lowest BCUT2D eigenvalue weighted by Crippen LogP contribution is -1.88. The molecule has 0 unspecified atom stereocenters. The SMILES string of the molecule is Cc1c(O)ccc2c1cc(C)n2C. The third kappa shape index (κ3) is 1.02. The molecule has 0 aliphatic heterocycles. The number of fused-ring (bicyclic) bond motifs is 1. The minimum atomic E-state index is 0.373. The van der Waals surface area contributed by atoms with Crippen molar-refractivity contribution in [3.05, 3.63) is 29.5 Å². The van der Waals surface area contributed by atoms with Crippen molar-refractivity contribution in [3.8, 4) is 5.75 Å². The van der Waals surface area contributed by atoms with E-state index >= 15 is 0 Å². The molecule has 0 atom stereocenters. The van der Waals surface area contributed by atoms with Crippen molar-refractivity contribution in [2.24, 2.45) is 7.05 Å². The first-order valence-corrected chi connectivity index (χ1v) is 4.36. The number of hydrogen-bond acceptors (Lipinski definition) is 1. The molecule has 1 aromatic carbocycles. The normalized spacial score (nSPS) is 11.0. The molecule has 2 rings (SSSR count). The Bertz CT molecular complexity index is 468. The molecule has 0 bridgehead atoms. The van der Waals surface area contributed by atoms with Crippen LogP contribution in [0.25, 0.3) is 10.9 Å². The van der Waals surface area contributed by atoms with Gasteiger partial charge >= 0.3 is 0 Å². The van der Waals surface area contributed by atoms with Gasteiger partial charge in [0.1, 0.15) is 5.75 Å². The average molecular weight is 175 g/mol. The van der Waals surface area contributed by atoms with Crippen LogP contribution in [0.2, 0.25) is 0 Å². The molecular formula is C11H13NO. The van der Waals surface area contributed by atoms with E-state index in [0.29, 0.717) is 5.75 Å². The molecule has 0 spiro atoms. The van der Waals surface area contributed by atoms with Crippen LogP contribution in [0, 0.1) is 13.8 Å². The fraction of sp³-hybridized carbons (Fsp3) is 0.273. The van der Waals surface area contributed by atoms with Crippen molar-refractivity contribution in [2.75, 3.05) is 0 Å². The molecule has 1 aromatic heterocycles. The zero-order chi connectivity index (χ0) is 9.59. The van der Waals surface area contributed by atoms with E-state index in [1.165, 1.54) is 11.2 Å². The average Bonchev–Trinajstić information content (AvgIpc) is 2.38. The van der Waals surface area contributed by atoms with Crippen LogP contribution in [0.5, 0.6) is 5.75 Å². The fourth-order valence-corrected chi connectivity index (χ4v) is 1.67. The number of aromatic hydroxyl groups is 1. The van der Waals surface area contributed by atoms with Crippen LogP contribution in [-0.2, 0) is 7.05 Å². The van der Waals surface area contributed by atoms with Crippen molar-refractivity contribution >= 4 is 10.9 Å². The fourth-order valence-electron chi connectivity index (χ4n) is 1.67.